The number of amides is 2. The quantitative estimate of drug-likeness (QED) is 0.602. The van der Waals surface area contributed by atoms with E-state index in [1.807, 2.05) is 63.2 Å². The van der Waals surface area contributed by atoms with E-state index in [1.54, 1.807) is 17.0 Å². The molecule has 1 heterocycles. The first-order valence-electron chi connectivity index (χ1n) is 10.8. The molecule has 2 aromatic rings. The number of carboxylic acid groups (broad SMARTS) is 1. The molecule has 3 rings (SSSR count). The molecule has 1 aliphatic rings. The van der Waals surface area contributed by atoms with Crippen LogP contribution in [0.25, 0.3) is 0 Å². The number of carbonyl (C=O) groups is 2. The summed E-state index contributed by atoms with van der Waals surface area (Å²) in [4.78, 5) is 26.6. The highest BCUT2D eigenvalue weighted by molar-refractivity contribution is 6.30. The molecule has 1 fully saturated rings. The van der Waals surface area contributed by atoms with Gasteiger partial charge < -0.3 is 20.4 Å². The summed E-state index contributed by atoms with van der Waals surface area (Å²) in [5, 5.41) is 24.0. The van der Waals surface area contributed by atoms with E-state index in [2.05, 4.69) is 5.32 Å². The van der Waals surface area contributed by atoms with Gasteiger partial charge in [0.15, 0.2) is 0 Å². The Bertz CT molecular complexity index is 948. The van der Waals surface area contributed by atoms with Crippen molar-refractivity contribution in [2.24, 2.45) is 11.3 Å². The Kier molecular flexibility index (Phi) is 7.16. The molecule has 1 aliphatic heterocycles. The first kappa shape index (κ1) is 24.1. The van der Waals surface area contributed by atoms with Gasteiger partial charge in [-0.25, -0.2) is 4.79 Å². The molecular weight excluding hydrogens is 428 g/mol. The highest BCUT2D eigenvalue weighted by atomic mass is 35.5. The summed E-state index contributed by atoms with van der Waals surface area (Å²) >= 11 is 6.01. The van der Waals surface area contributed by atoms with Crippen molar-refractivity contribution in [2.45, 2.75) is 45.3 Å². The van der Waals surface area contributed by atoms with Crippen LogP contribution in [0.5, 0.6) is 0 Å². The predicted octanol–water partition coefficient (Wildman–Crippen LogP) is 4.30. The smallest absolute Gasteiger partial charge is 0.405 e. The van der Waals surface area contributed by atoms with Gasteiger partial charge in [0.1, 0.15) is 6.04 Å². The molecule has 6 nitrogen and oxygen atoms in total. The average molecular weight is 459 g/mol. The van der Waals surface area contributed by atoms with E-state index in [0.717, 1.165) is 11.1 Å². The third kappa shape index (κ3) is 5.08. The van der Waals surface area contributed by atoms with Crippen molar-refractivity contribution < 1.29 is 19.8 Å². The monoisotopic (exact) mass is 458 g/mol. The fourth-order valence-electron chi connectivity index (χ4n) is 4.65. The van der Waals surface area contributed by atoms with Gasteiger partial charge in [0.05, 0.1) is 5.60 Å². The standard InChI is InChI=1S/C25H31ClN2O4/c1-17(15-18-7-5-4-6-8-18)21(27-23(30)31)22(29)28-14-13-25(32,24(2,3)16-28)19-9-11-20(26)12-10-19/h4-12,17,21,27,32H,13-16H2,1-3H3,(H,30,31)/t17-,21?,25+/m1/s1. The van der Waals surface area contributed by atoms with Crippen LogP contribution in [0.2, 0.25) is 5.02 Å². The largest absolute Gasteiger partial charge is 0.465 e. The number of benzene rings is 2. The van der Waals surface area contributed by atoms with Crippen molar-refractivity contribution in [1.29, 1.82) is 0 Å². The molecule has 2 aromatic carbocycles. The van der Waals surface area contributed by atoms with E-state index in [-0.39, 0.29) is 11.8 Å². The third-order valence-electron chi connectivity index (χ3n) is 6.60. The van der Waals surface area contributed by atoms with Crippen LogP contribution >= 0.6 is 11.6 Å². The minimum atomic E-state index is -1.22. The first-order valence-corrected chi connectivity index (χ1v) is 11.2. The van der Waals surface area contributed by atoms with Gasteiger partial charge in [-0.2, -0.15) is 0 Å². The summed E-state index contributed by atoms with van der Waals surface area (Å²) in [7, 11) is 0. The molecule has 0 saturated carbocycles. The van der Waals surface area contributed by atoms with Crippen molar-refractivity contribution in [3.63, 3.8) is 0 Å². The summed E-state index contributed by atoms with van der Waals surface area (Å²) < 4.78 is 0. The molecule has 7 heteroatoms. The van der Waals surface area contributed by atoms with Gasteiger partial charge in [-0.1, -0.05) is 74.8 Å². The SMILES string of the molecule is C[C@H](Cc1ccccc1)C(NC(=O)O)C(=O)N1CC[C@](O)(c2ccc(Cl)cc2)C(C)(C)C1. The predicted molar refractivity (Wildman–Crippen MR) is 125 cm³/mol. The van der Waals surface area contributed by atoms with Crippen LogP contribution in [0, 0.1) is 11.3 Å². The van der Waals surface area contributed by atoms with Crippen LogP contribution in [0.3, 0.4) is 0 Å². The number of aliphatic hydroxyl groups is 1. The van der Waals surface area contributed by atoms with Crippen LogP contribution < -0.4 is 5.32 Å². The number of likely N-dealkylation sites (tertiary alicyclic amines) is 1. The highest BCUT2D eigenvalue weighted by Gasteiger charge is 2.50. The van der Waals surface area contributed by atoms with E-state index >= 15 is 0 Å². The lowest BCUT2D eigenvalue weighted by Gasteiger charge is -2.51. The molecule has 2 amide bonds. The molecule has 3 atom stereocenters. The van der Waals surface area contributed by atoms with Crippen LogP contribution in [0.1, 0.15) is 38.3 Å². The average Bonchev–Trinajstić information content (AvgIpc) is 2.74. The number of hydrogen-bond acceptors (Lipinski definition) is 3. The molecule has 0 spiro atoms. The number of nitrogens with zero attached hydrogens (tertiary/aromatic N) is 1. The fourth-order valence-corrected chi connectivity index (χ4v) is 4.78. The molecule has 32 heavy (non-hydrogen) atoms. The summed E-state index contributed by atoms with van der Waals surface area (Å²) in [6.45, 7) is 6.37. The molecule has 0 bridgehead atoms. The molecular formula is C25H31ClN2O4. The first-order chi connectivity index (χ1) is 15.0. The second kappa shape index (κ2) is 9.51. The van der Waals surface area contributed by atoms with Crippen molar-refractivity contribution in [2.75, 3.05) is 13.1 Å². The summed E-state index contributed by atoms with van der Waals surface area (Å²) in [5.74, 6) is -0.497. The Morgan fingerprint density at radius 3 is 2.31 bits per heavy atom. The number of carbonyl (C=O) groups excluding carboxylic acids is 1. The van der Waals surface area contributed by atoms with E-state index in [4.69, 9.17) is 11.6 Å². The second-order valence-corrected chi connectivity index (χ2v) is 9.79. The highest BCUT2D eigenvalue weighted by Crippen LogP contribution is 2.46. The van der Waals surface area contributed by atoms with E-state index in [0.29, 0.717) is 31.0 Å². The number of hydrogen-bond donors (Lipinski definition) is 3. The van der Waals surface area contributed by atoms with Gasteiger partial charge in [-0.15, -0.1) is 0 Å². The molecule has 0 aliphatic carbocycles. The Balaban J connectivity index is 1.79. The van der Waals surface area contributed by atoms with Gasteiger partial charge in [-0.05, 0) is 42.0 Å². The zero-order valence-electron chi connectivity index (χ0n) is 18.7. The molecule has 3 N–H and O–H groups in total. The lowest BCUT2D eigenvalue weighted by Crippen LogP contribution is -2.60. The zero-order valence-corrected chi connectivity index (χ0v) is 19.5. The maximum absolute atomic E-state index is 13.4. The lowest BCUT2D eigenvalue weighted by atomic mass is 9.66. The normalized spacial score (nSPS) is 22.1. The van der Waals surface area contributed by atoms with Gasteiger partial charge >= 0.3 is 6.09 Å². The Morgan fingerprint density at radius 2 is 1.75 bits per heavy atom. The van der Waals surface area contributed by atoms with Crippen molar-refractivity contribution >= 4 is 23.6 Å². The third-order valence-corrected chi connectivity index (χ3v) is 6.85. The fraction of sp³-hybridized carbons (Fsp3) is 0.440. The van der Waals surface area contributed by atoms with Crippen molar-refractivity contribution in [3.8, 4) is 0 Å². The van der Waals surface area contributed by atoms with Gasteiger partial charge in [0, 0.05) is 23.5 Å². The van der Waals surface area contributed by atoms with E-state index in [9.17, 15) is 19.8 Å². The lowest BCUT2D eigenvalue weighted by molar-refractivity contribution is -0.155. The van der Waals surface area contributed by atoms with Crippen LogP contribution in [0.15, 0.2) is 54.6 Å². The van der Waals surface area contributed by atoms with Crippen LogP contribution in [-0.4, -0.2) is 46.2 Å². The van der Waals surface area contributed by atoms with Gasteiger partial charge in [0.2, 0.25) is 5.91 Å². The molecule has 0 radical (unpaired) electrons. The maximum atomic E-state index is 13.4. The summed E-state index contributed by atoms with van der Waals surface area (Å²) in [5.41, 5.74) is 0.0306. The second-order valence-electron chi connectivity index (χ2n) is 9.36. The minimum Gasteiger partial charge on any atom is -0.465 e. The maximum Gasteiger partial charge on any atom is 0.405 e. The Hall–Kier alpha value is -2.57. The minimum absolute atomic E-state index is 0.235. The molecule has 1 saturated heterocycles. The summed E-state index contributed by atoms with van der Waals surface area (Å²) in [6.07, 6.45) is -0.304. The number of piperidine rings is 1. The van der Waals surface area contributed by atoms with Crippen LogP contribution in [0.4, 0.5) is 4.79 Å². The number of rotatable bonds is 6. The Labute approximate surface area is 194 Å². The van der Waals surface area contributed by atoms with Crippen LogP contribution in [-0.2, 0) is 16.8 Å². The van der Waals surface area contributed by atoms with E-state index in [1.165, 1.54) is 0 Å². The number of halogens is 1. The Morgan fingerprint density at radius 1 is 1.12 bits per heavy atom. The van der Waals surface area contributed by atoms with E-state index < -0.39 is 23.2 Å². The topological polar surface area (TPSA) is 89.9 Å². The molecule has 0 aromatic heterocycles. The number of nitrogens with one attached hydrogen (secondary N) is 1. The molecule has 172 valence electrons. The van der Waals surface area contributed by atoms with Crippen molar-refractivity contribution in [3.05, 3.63) is 70.7 Å². The van der Waals surface area contributed by atoms with Crippen molar-refractivity contribution in [1.82, 2.24) is 10.2 Å². The molecule has 1 unspecified atom stereocenters. The summed E-state index contributed by atoms with van der Waals surface area (Å²) in [6, 6.07) is 16.0. The zero-order chi connectivity index (χ0) is 23.5. The van der Waals surface area contributed by atoms with Gasteiger partial charge in [-0.3, -0.25) is 4.79 Å². The van der Waals surface area contributed by atoms with Gasteiger partial charge in [0.25, 0.3) is 0 Å².